The molecule has 148 valence electrons. The van der Waals surface area contributed by atoms with E-state index in [1.807, 2.05) is 6.92 Å². The molecule has 0 aliphatic heterocycles. The van der Waals surface area contributed by atoms with Crippen LogP contribution in [-0.4, -0.2) is 20.3 Å². The molecule has 5 nitrogen and oxygen atoms in total. The Bertz CT molecular complexity index is 1060. The Labute approximate surface area is 160 Å². The Morgan fingerprint density at radius 1 is 1.07 bits per heavy atom. The minimum absolute atomic E-state index is 0.00205. The first-order chi connectivity index (χ1) is 13.0. The number of aryl methyl sites for hydroxylation is 3. The van der Waals surface area contributed by atoms with Crippen molar-refractivity contribution in [2.45, 2.75) is 33.9 Å². The number of alkyl halides is 3. The Morgan fingerprint density at radius 3 is 2.29 bits per heavy atom. The highest BCUT2D eigenvalue weighted by atomic mass is 19.4. The van der Waals surface area contributed by atoms with Gasteiger partial charge in [0, 0.05) is 18.4 Å². The first-order valence-corrected chi connectivity index (χ1v) is 8.69. The third-order valence-corrected chi connectivity index (χ3v) is 4.87. The highest BCUT2D eigenvalue weighted by Gasteiger charge is 2.34. The molecule has 0 fully saturated rings. The monoisotopic (exact) mass is 390 g/mol. The van der Waals surface area contributed by atoms with Gasteiger partial charge >= 0.3 is 6.18 Å². The minimum Gasteiger partial charge on any atom is -0.319 e. The average molecular weight is 390 g/mol. The molecule has 0 bridgehead atoms. The maximum atomic E-state index is 13.4. The second-order valence-electron chi connectivity index (χ2n) is 6.76. The quantitative estimate of drug-likeness (QED) is 0.704. The van der Waals surface area contributed by atoms with Gasteiger partial charge < -0.3 is 9.88 Å². The number of carbonyl (C=O) groups is 1. The molecule has 2 heterocycles. The van der Waals surface area contributed by atoms with Crippen LogP contribution in [0.2, 0.25) is 0 Å². The molecule has 0 unspecified atom stereocenters. The van der Waals surface area contributed by atoms with E-state index in [0.29, 0.717) is 28.3 Å². The molecule has 1 amide bonds. The molecule has 0 aliphatic rings. The molecular weight excluding hydrogens is 369 g/mol. The summed E-state index contributed by atoms with van der Waals surface area (Å²) >= 11 is 0. The maximum Gasteiger partial charge on any atom is 0.418 e. The molecule has 0 atom stereocenters. The number of para-hydroxylation sites is 1. The normalized spacial score (nSPS) is 11.7. The minimum atomic E-state index is -4.49. The van der Waals surface area contributed by atoms with Crippen LogP contribution >= 0.6 is 0 Å². The molecule has 0 spiro atoms. The van der Waals surface area contributed by atoms with Crippen LogP contribution in [-0.2, 0) is 13.2 Å². The van der Waals surface area contributed by atoms with Crippen LogP contribution in [0.3, 0.4) is 0 Å². The van der Waals surface area contributed by atoms with Gasteiger partial charge in [0.05, 0.1) is 33.9 Å². The van der Waals surface area contributed by atoms with Crippen molar-refractivity contribution in [1.82, 2.24) is 14.3 Å². The van der Waals surface area contributed by atoms with Crippen molar-refractivity contribution in [3.05, 3.63) is 64.2 Å². The maximum absolute atomic E-state index is 13.4. The molecule has 2 aromatic heterocycles. The molecule has 28 heavy (non-hydrogen) atoms. The second-order valence-corrected chi connectivity index (χ2v) is 6.76. The van der Waals surface area contributed by atoms with E-state index >= 15 is 0 Å². The van der Waals surface area contributed by atoms with Crippen LogP contribution in [0.1, 0.15) is 38.7 Å². The fraction of sp³-hybridized carbons (Fsp3) is 0.300. The zero-order valence-corrected chi connectivity index (χ0v) is 16.3. The lowest BCUT2D eigenvalue weighted by atomic mass is 10.1. The van der Waals surface area contributed by atoms with Crippen molar-refractivity contribution in [3.63, 3.8) is 0 Å². The van der Waals surface area contributed by atoms with E-state index in [1.54, 1.807) is 44.6 Å². The van der Waals surface area contributed by atoms with E-state index in [0.717, 1.165) is 11.8 Å². The fourth-order valence-electron chi connectivity index (χ4n) is 3.41. The number of nitrogens with zero attached hydrogens (tertiary/aromatic N) is 3. The summed E-state index contributed by atoms with van der Waals surface area (Å²) in [6, 6.07) is 6.93. The predicted molar refractivity (Wildman–Crippen MR) is 101 cm³/mol. The highest BCUT2D eigenvalue weighted by Crippen LogP contribution is 2.35. The summed E-state index contributed by atoms with van der Waals surface area (Å²) in [5.41, 5.74) is 2.61. The summed E-state index contributed by atoms with van der Waals surface area (Å²) in [5, 5.41) is 7.10. The van der Waals surface area contributed by atoms with Crippen LogP contribution in [0.25, 0.3) is 5.69 Å². The first kappa shape index (κ1) is 19.7. The number of hydrogen-bond acceptors (Lipinski definition) is 2. The lowest BCUT2D eigenvalue weighted by molar-refractivity contribution is -0.137. The molecule has 1 aromatic carbocycles. The van der Waals surface area contributed by atoms with E-state index in [4.69, 9.17) is 0 Å². The van der Waals surface area contributed by atoms with Crippen LogP contribution in [0.4, 0.5) is 18.9 Å². The van der Waals surface area contributed by atoms with Crippen molar-refractivity contribution < 1.29 is 18.0 Å². The number of anilines is 1. The van der Waals surface area contributed by atoms with Crippen LogP contribution in [0.5, 0.6) is 0 Å². The van der Waals surface area contributed by atoms with Crippen molar-refractivity contribution in [2.75, 3.05) is 5.32 Å². The Balaban J connectivity index is 2.05. The number of aromatic nitrogens is 3. The van der Waals surface area contributed by atoms with Crippen LogP contribution in [0, 0.1) is 27.7 Å². The summed E-state index contributed by atoms with van der Waals surface area (Å²) < 4.78 is 43.4. The zero-order chi connectivity index (χ0) is 20.8. The van der Waals surface area contributed by atoms with E-state index < -0.39 is 11.7 Å². The van der Waals surface area contributed by atoms with E-state index in [1.165, 1.54) is 16.7 Å². The average Bonchev–Trinajstić information content (AvgIpc) is 3.04. The second kappa shape index (κ2) is 6.85. The van der Waals surface area contributed by atoms with Gasteiger partial charge in [0.25, 0.3) is 5.91 Å². The topological polar surface area (TPSA) is 51.9 Å². The molecule has 0 saturated carbocycles. The number of rotatable bonds is 3. The van der Waals surface area contributed by atoms with Gasteiger partial charge in [-0.1, -0.05) is 12.1 Å². The van der Waals surface area contributed by atoms with Crippen LogP contribution < -0.4 is 5.32 Å². The van der Waals surface area contributed by atoms with E-state index in [-0.39, 0.29) is 11.6 Å². The Hall–Kier alpha value is -3.03. The van der Waals surface area contributed by atoms with Gasteiger partial charge in [0.2, 0.25) is 0 Å². The molecule has 8 heteroatoms. The third kappa shape index (κ3) is 3.30. The number of hydrogen-bond donors (Lipinski definition) is 1. The summed E-state index contributed by atoms with van der Waals surface area (Å²) in [6.07, 6.45) is -4.49. The largest absolute Gasteiger partial charge is 0.418 e. The van der Waals surface area contributed by atoms with Gasteiger partial charge in [-0.25, -0.2) is 0 Å². The zero-order valence-electron chi connectivity index (χ0n) is 16.3. The lowest BCUT2D eigenvalue weighted by Crippen LogP contribution is -2.15. The fourth-order valence-corrected chi connectivity index (χ4v) is 3.41. The number of halogens is 3. The van der Waals surface area contributed by atoms with Crippen molar-refractivity contribution in [1.29, 1.82) is 0 Å². The number of carbonyl (C=O) groups excluding carboxylic acids is 1. The number of benzene rings is 1. The first-order valence-electron chi connectivity index (χ1n) is 8.69. The lowest BCUT2D eigenvalue weighted by Gasteiger charge is -2.16. The number of amides is 1. The standard InChI is InChI=1S/C20H21F3N4O/c1-11-10-15(19(28)24-18-12(2)25-26(5)14(18)4)13(3)27(11)17-9-7-6-8-16(17)20(21,22)23/h6-10H,1-5H3,(H,24,28). The van der Waals surface area contributed by atoms with Gasteiger partial charge in [-0.3, -0.25) is 9.48 Å². The Morgan fingerprint density at radius 2 is 1.71 bits per heavy atom. The van der Waals surface area contributed by atoms with Crippen molar-refractivity contribution in [2.24, 2.45) is 7.05 Å². The van der Waals surface area contributed by atoms with Crippen molar-refractivity contribution in [3.8, 4) is 5.69 Å². The summed E-state index contributed by atoms with van der Waals surface area (Å²) in [5.74, 6) is -0.386. The van der Waals surface area contributed by atoms with Crippen molar-refractivity contribution >= 4 is 11.6 Å². The molecule has 0 aliphatic carbocycles. The smallest absolute Gasteiger partial charge is 0.319 e. The molecular formula is C20H21F3N4O. The van der Waals surface area contributed by atoms with E-state index in [2.05, 4.69) is 10.4 Å². The van der Waals surface area contributed by atoms with Gasteiger partial charge in [-0.2, -0.15) is 18.3 Å². The van der Waals surface area contributed by atoms with E-state index in [9.17, 15) is 18.0 Å². The number of nitrogens with one attached hydrogen (secondary N) is 1. The van der Waals surface area contributed by atoms with Crippen LogP contribution in [0.15, 0.2) is 30.3 Å². The summed E-state index contributed by atoms with van der Waals surface area (Å²) in [7, 11) is 1.78. The molecule has 0 radical (unpaired) electrons. The highest BCUT2D eigenvalue weighted by molar-refractivity contribution is 6.06. The molecule has 3 aromatic rings. The summed E-state index contributed by atoms with van der Waals surface area (Å²) in [6.45, 7) is 6.93. The van der Waals surface area contributed by atoms with Gasteiger partial charge in [-0.05, 0) is 45.9 Å². The molecule has 3 rings (SSSR count). The van der Waals surface area contributed by atoms with Gasteiger partial charge in [-0.15, -0.1) is 0 Å². The Kier molecular flexibility index (Phi) is 4.82. The van der Waals surface area contributed by atoms with Gasteiger partial charge in [0.15, 0.2) is 0 Å². The molecule has 1 N–H and O–H groups in total. The van der Waals surface area contributed by atoms with Gasteiger partial charge in [0.1, 0.15) is 0 Å². The predicted octanol–water partition coefficient (Wildman–Crippen LogP) is 4.72. The SMILES string of the molecule is Cc1nn(C)c(C)c1NC(=O)c1cc(C)n(-c2ccccc2C(F)(F)F)c1C. The molecule has 0 saturated heterocycles. The third-order valence-electron chi connectivity index (χ3n) is 4.87. The summed E-state index contributed by atoms with van der Waals surface area (Å²) in [4.78, 5) is 12.8.